The van der Waals surface area contributed by atoms with Crippen LogP contribution in [0, 0.1) is 0 Å². The van der Waals surface area contributed by atoms with E-state index in [-0.39, 0.29) is 6.04 Å². The van der Waals surface area contributed by atoms with Gasteiger partial charge in [0, 0.05) is 13.0 Å². The van der Waals surface area contributed by atoms with Crippen LogP contribution >= 0.6 is 0 Å². The minimum atomic E-state index is 0.245. The number of hydrogen-bond acceptors (Lipinski definition) is 3. The number of ether oxygens (including phenoxy) is 1. The van der Waals surface area contributed by atoms with Gasteiger partial charge in [-0.05, 0) is 18.6 Å². The Hall–Kier alpha value is -0.800. The summed E-state index contributed by atoms with van der Waals surface area (Å²) in [6, 6.07) is 4.36. The normalized spacial score (nSPS) is 22.5. The molecule has 1 fully saturated rings. The molecule has 0 saturated carbocycles. The van der Waals surface area contributed by atoms with Gasteiger partial charge >= 0.3 is 0 Å². The summed E-state index contributed by atoms with van der Waals surface area (Å²) in [6.07, 6.45) is 2.15. The van der Waals surface area contributed by atoms with E-state index in [1.54, 1.807) is 0 Å². The Morgan fingerprint density at radius 3 is 3.14 bits per heavy atom. The van der Waals surface area contributed by atoms with Gasteiger partial charge in [0.25, 0.3) is 0 Å². The monoisotopic (exact) mass is 195 g/mol. The fourth-order valence-electron chi connectivity index (χ4n) is 1.71. The maximum atomic E-state index is 5.72. The Labute approximate surface area is 84.4 Å². The molecule has 0 spiro atoms. The molecule has 2 heterocycles. The summed E-state index contributed by atoms with van der Waals surface area (Å²) in [7, 11) is 0. The number of hydrogen-bond donors (Lipinski definition) is 1. The summed E-state index contributed by atoms with van der Waals surface area (Å²) >= 11 is 0. The molecule has 0 amide bonds. The smallest absolute Gasteiger partial charge is 0.123 e. The number of morpholine rings is 1. The van der Waals surface area contributed by atoms with Gasteiger partial charge in [-0.15, -0.1) is 0 Å². The molecule has 2 rings (SSSR count). The summed E-state index contributed by atoms with van der Waals surface area (Å²) in [4.78, 5) is 0. The van der Waals surface area contributed by atoms with Crippen molar-refractivity contribution in [2.45, 2.75) is 25.8 Å². The van der Waals surface area contributed by atoms with Crippen LogP contribution in [0.5, 0.6) is 0 Å². The van der Waals surface area contributed by atoms with Gasteiger partial charge in [0.2, 0.25) is 0 Å². The molecule has 3 heteroatoms. The molecule has 0 aromatic carbocycles. The van der Waals surface area contributed by atoms with Crippen molar-refractivity contribution in [1.82, 2.24) is 5.32 Å². The quantitative estimate of drug-likeness (QED) is 0.799. The number of rotatable bonds is 3. The molecule has 1 aromatic heterocycles. The predicted molar refractivity (Wildman–Crippen MR) is 54.3 cm³/mol. The van der Waals surface area contributed by atoms with Gasteiger partial charge in [-0.2, -0.15) is 0 Å². The number of aryl methyl sites for hydroxylation is 1. The van der Waals surface area contributed by atoms with E-state index in [4.69, 9.17) is 9.15 Å². The van der Waals surface area contributed by atoms with Crippen LogP contribution in [-0.2, 0) is 11.2 Å². The molecular formula is C11H17NO2. The highest BCUT2D eigenvalue weighted by Gasteiger charge is 2.18. The van der Waals surface area contributed by atoms with Gasteiger partial charge in [-0.25, -0.2) is 0 Å². The molecule has 1 atom stereocenters. The van der Waals surface area contributed by atoms with Gasteiger partial charge < -0.3 is 14.5 Å². The van der Waals surface area contributed by atoms with Crippen molar-refractivity contribution in [1.29, 1.82) is 0 Å². The van der Waals surface area contributed by atoms with Crippen LogP contribution in [0.1, 0.15) is 30.9 Å². The SMILES string of the molecule is CCCc1ccc(C2COCCN2)o1. The fourth-order valence-corrected chi connectivity index (χ4v) is 1.71. The zero-order chi connectivity index (χ0) is 9.80. The second-order valence-corrected chi connectivity index (χ2v) is 3.64. The first kappa shape index (κ1) is 9.74. The number of nitrogens with one attached hydrogen (secondary N) is 1. The topological polar surface area (TPSA) is 34.4 Å². The molecule has 0 radical (unpaired) electrons. The standard InChI is InChI=1S/C11H17NO2/c1-2-3-9-4-5-11(14-9)10-8-13-7-6-12-10/h4-5,10,12H,2-3,6-8H2,1H3. The summed E-state index contributed by atoms with van der Waals surface area (Å²) < 4.78 is 11.1. The molecule has 0 aliphatic carbocycles. The zero-order valence-electron chi connectivity index (χ0n) is 8.58. The fraction of sp³-hybridized carbons (Fsp3) is 0.636. The summed E-state index contributed by atoms with van der Waals surface area (Å²) in [6.45, 7) is 4.59. The maximum Gasteiger partial charge on any atom is 0.123 e. The molecule has 78 valence electrons. The molecule has 1 aromatic rings. The molecule has 1 aliphatic rings. The molecule has 1 saturated heterocycles. The molecule has 3 nitrogen and oxygen atoms in total. The van der Waals surface area contributed by atoms with Gasteiger partial charge in [-0.3, -0.25) is 0 Å². The summed E-state index contributed by atoms with van der Waals surface area (Å²) in [5.74, 6) is 2.09. The average molecular weight is 195 g/mol. The predicted octanol–water partition coefficient (Wildman–Crippen LogP) is 1.89. The van der Waals surface area contributed by atoms with E-state index in [1.165, 1.54) is 0 Å². The first-order valence-corrected chi connectivity index (χ1v) is 5.30. The molecule has 1 unspecified atom stereocenters. The Kier molecular flexibility index (Phi) is 3.22. The number of furan rings is 1. The lowest BCUT2D eigenvalue weighted by atomic mass is 10.2. The van der Waals surface area contributed by atoms with Gasteiger partial charge in [0.1, 0.15) is 11.5 Å². The van der Waals surface area contributed by atoms with Crippen molar-refractivity contribution in [3.05, 3.63) is 23.7 Å². The van der Waals surface area contributed by atoms with E-state index in [0.717, 1.165) is 44.1 Å². The molecule has 14 heavy (non-hydrogen) atoms. The second-order valence-electron chi connectivity index (χ2n) is 3.64. The van der Waals surface area contributed by atoms with Crippen molar-refractivity contribution >= 4 is 0 Å². The van der Waals surface area contributed by atoms with Crippen LogP contribution in [0.25, 0.3) is 0 Å². The second kappa shape index (κ2) is 4.62. The van der Waals surface area contributed by atoms with Crippen molar-refractivity contribution in [2.75, 3.05) is 19.8 Å². The van der Waals surface area contributed by atoms with Gasteiger partial charge in [0.15, 0.2) is 0 Å². The Morgan fingerprint density at radius 2 is 2.43 bits per heavy atom. The van der Waals surface area contributed by atoms with Gasteiger partial charge in [0.05, 0.1) is 19.3 Å². The van der Waals surface area contributed by atoms with E-state index in [9.17, 15) is 0 Å². The lowest BCUT2D eigenvalue weighted by molar-refractivity contribution is 0.0695. The average Bonchev–Trinajstić information content (AvgIpc) is 2.68. The first-order valence-electron chi connectivity index (χ1n) is 5.30. The lowest BCUT2D eigenvalue weighted by Gasteiger charge is -2.21. The van der Waals surface area contributed by atoms with Crippen molar-refractivity contribution < 1.29 is 9.15 Å². The van der Waals surface area contributed by atoms with Crippen LogP contribution < -0.4 is 5.32 Å². The van der Waals surface area contributed by atoms with E-state index in [0.29, 0.717) is 0 Å². The van der Waals surface area contributed by atoms with Crippen molar-refractivity contribution in [2.24, 2.45) is 0 Å². The van der Waals surface area contributed by atoms with Crippen LogP contribution in [-0.4, -0.2) is 19.8 Å². The summed E-state index contributed by atoms with van der Waals surface area (Å²) in [5.41, 5.74) is 0. The van der Waals surface area contributed by atoms with E-state index < -0.39 is 0 Å². The highest BCUT2D eigenvalue weighted by Crippen LogP contribution is 2.19. The van der Waals surface area contributed by atoms with Crippen LogP contribution in [0.3, 0.4) is 0 Å². The Balaban J connectivity index is 2.00. The van der Waals surface area contributed by atoms with E-state index in [1.807, 2.05) is 0 Å². The highest BCUT2D eigenvalue weighted by atomic mass is 16.5. The molecular weight excluding hydrogens is 178 g/mol. The van der Waals surface area contributed by atoms with Gasteiger partial charge in [-0.1, -0.05) is 6.92 Å². The first-order chi connectivity index (χ1) is 6.90. The van der Waals surface area contributed by atoms with E-state index >= 15 is 0 Å². The molecule has 1 N–H and O–H groups in total. The van der Waals surface area contributed by atoms with Crippen LogP contribution in [0.2, 0.25) is 0 Å². The Bertz CT molecular complexity index is 277. The minimum Gasteiger partial charge on any atom is -0.464 e. The third kappa shape index (κ3) is 2.16. The van der Waals surface area contributed by atoms with Crippen molar-refractivity contribution in [3.8, 4) is 0 Å². The summed E-state index contributed by atoms with van der Waals surface area (Å²) in [5, 5.41) is 3.37. The Morgan fingerprint density at radius 1 is 1.50 bits per heavy atom. The molecule has 1 aliphatic heterocycles. The van der Waals surface area contributed by atoms with Crippen molar-refractivity contribution in [3.63, 3.8) is 0 Å². The largest absolute Gasteiger partial charge is 0.464 e. The molecule has 0 bridgehead atoms. The third-order valence-corrected chi connectivity index (χ3v) is 2.44. The minimum absolute atomic E-state index is 0.245. The maximum absolute atomic E-state index is 5.72. The van der Waals surface area contributed by atoms with E-state index in [2.05, 4.69) is 24.4 Å². The third-order valence-electron chi connectivity index (χ3n) is 2.44. The lowest BCUT2D eigenvalue weighted by Crippen LogP contribution is -2.34. The van der Waals surface area contributed by atoms with Crippen LogP contribution in [0.4, 0.5) is 0 Å². The zero-order valence-corrected chi connectivity index (χ0v) is 8.58. The highest BCUT2D eigenvalue weighted by molar-refractivity contribution is 5.11. The van der Waals surface area contributed by atoms with Crippen LogP contribution in [0.15, 0.2) is 16.5 Å².